The summed E-state index contributed by atoms with van der Waals surface area (Å²) < 4.78 is 0. The van der Waals surface area contributed by atoms with Gasteiger partial charge in [0, 0.05) is 29.2 Å². The maximum absolute atomic E-state index is 10.4. The van der Waals surface area contributed by atoms with Gasteiger partial charge in [-0.2, -0.15) is 0 Å². The number of hydrogen-bond acceptors (Lipinski definition) is 2. The van der Waals surface area contributed by atoms with E-state index in [1.54, 1.807) is 0 Å². The van der Waals surface area contributed by atoms with Crippen LogP contribution in [-0.4, -0.2) is 22.2 Å². The molecule has 1 aliphatic rings. The van der Waals surface area contributed by atoms with Crippen molar-refractivity contribution in [3.8, 4) is 0 Å². The number of aromatic amines is 1. The van der Waals surface area contributed by atoms with E-state index in [-0.39, 0.29) is 0 Å². The molecule has 0 radical (unpaired) electrons. The van der Waals surface area contributed by atoms with Gasteiger partial charge in [-0.15, -0.1) is 0 Å². The third-order valence-electron chi connectivity index (χ3n) is 4.63. The highest BCUT2D eigenvalue weighted by Gasteiger charge is 2.26. The highest BCUT2D eigenvalue weighted by molar-refractivity contribution is 5.85. The van der Waals surface area contributed by atoms with E-state index in [4.69, 9.17) is 0 Å². The van der Waals surface area contributed by atoms with Gasteiger partial charge in [0.1, 0.15) is 0 Å². The summed E-state index contributed by atoms with van der Waals surface area (Å²) >= 11 is 0. The molecule has 21 heavy (non-hydrogen) atoms. The van der Waals surface area contributed by atoms with Gasteiger partial charge in [0.15, 0.2) is 0 Å². The van der Waals surface area contributed by atoms with Gasteiger partial charge in [-0.1, -0.05) is 31.5 Å². The maximum atomic E-state index is 10.4. The zero-order valence-corrected chi connectivity index (χ0v) is 13.1. The van der Waals surface area contributed by atoms with Crippen molar-refractivity contribution in [1.82, 2.24) is 10.3 Å². The van der Waals surface area contributed by atoms with Crippen LogP contribution < -0.4 is 5.32 Å². The number of fused-ring (bicyclic) bond motifs is 3. The molecule has 1 aliphatic carbocycles. The quantitative estimate of drug-likeness (QED) is 0.785. The molecule has 0 bridgehead atoms. The lowest BCUT2D eigenvalue weighted by Crippen LogP contribution is -2.40. The number of benzene rings is 1. The van der Waals surface area contributed by atoms with Crippen molar-refractivity contribution in [2.75, 3.05) is 6.54 Å². The van der Waals surface area contributed by atoms with Crippen molar-refractivity contribution in [3.63, 3.8) is 0 Å². The summed E-state index contributed by atoms with van der Waals surface area (Å²) in [4.78, 5) is 3.59. The van der Waals surface area contributed by atoms with Crippen molar-refractivity contribution < 1.29 is 5.11 Å². The average molecular weight is 286 g/mol. The van der Waals surface area contributed by atoms with Crippen molar-refractivity contribution >= 4 is 10.9 Å². The molecular formula is C18H26N2O. The molecule has 3 heteroatoms. The standard InChI is InChI=1S/C18H26N2O/c1-3-11-18(2,21)12-19-16-10-6-8-14-13-7-4-5-9-15(13)20-17(14)16/h4-5,7,9,16,19-21H,3,6,8,10-12H2,1-2H3. The third kappa shape index (κ3) is 2.99. The molecule has 2 aromatic rings. The molecule has 0 aliphatic heterocycles. The van der Waals surface area contributed by atoms with Gasteiger partial charge in [-0.05, 0) is 44.2 Å². The van der Waals surface area contributed by atoms with Gasteiger partial charge in [0.25, 0.3) is 0 Å². The van der Waals surface area contributed by atoms with Crippen LogP contribution in [0.1, 0.15) is 56.8 Å². The largest absolute Gasteiger partial charge is 0.389 e. The monoisotopic (exact) mass is 286 g/mol. The number of para-hydroxylation sites is 1. The Balaban J connectivity index is 1.81. The van der Waals surface area contributed by atoms with Gasteiger partial charge in [-0.3, -0.25) is 0 Å². The van der Waals surface area contributed by atoms with Crippen molar-refractivity contribution in [1.29, 1.82) is 0 Å². The molecular weight excluding hydrogens is 260 g/mol. The fourth-order valence-corrected chi connectivity index (χ4v) is 3.59. The van der Waals surface area contributed by atoms with Crippen LogP contribution in [0.2, 0.25) is 0 Å². The number of nitrogens with one attached hydrogen (secondary N) is 2. The lowest BCUT2D eigenvalue weighted by Gasteiger charge is -2.29. The molecule has 1 aromatic heterocycles. The summed E-state index contributed by atoms with van der Waals surface area (Å²) in [6.45, 7) is 4.70. The Morgan fingerprint density at radius 2 is 2.19 bits per heavy atom. The number of aliphatic hydroxyl groups is 1. The zero-order valence-electron chi connectivity index (χ0n) is 13.1. The second-order valence-corrected chi connectivity index (χ2v) is 6.64. The van der Waals surface area contributed by atoms with Gasteiger partial charge in [0.05, 0.1) is 5.60 Å². The SMILES string of the molecule is CCCC(C)(O)CNC1CCCc2c1[nH]c1ccccc21. The lowest BCUT2D eigenvalue weighted by atomic mass is 9.91. The van der Waals surface area contributed by atoms with Gasteiger partial charge < -0.3 is 15.4 Å². The van der Waals surface area contributed by atoms with E-state index in [1.807, 2.05) is 6.92 Å². The molecule has 0 fully saturated rings. The molecule has 0 saturated heterocycles. The second kappa shape index (κ2) is 5.82. The minimum Gasteiger partial charge on any atom is -0.389 e. The topological polar surface area (TPSA) is 48.0 Å². The van der Waals surface area contributed by atoms with E-state index in [0.717, 1.165) is 25.7 Å². The van der Waals surface area contributed by atoms with Crippen LogP contribution in [0.4, 0.5) is 0 Å². The van der Waals surface area contributed by atoms with Crippen LogP contribution in [0.25, 0.3) is 10.9 Å². The summed E-state index contributed by atoms with van der Waals surface area (Å²) in [6.07, 6.45) is 5.36. The molecule has 0 spiro atoms. The molecule has 1 heterocycles. The Hall–Kier alpha value is -1.32. The summed E-state index contributed by atoms with van der Waals surface area (Å²) in [7, 11) is 0. The van der Waals surface area contributed by atoms with E-state index in [2.05, 4.69) is 41.5 Å². The van der Waals surface area contributed by atoms with Crippen LogP contribution in [0.15, 0.2) is 24.3 Å². The Kier molecular flexibility index (Phi) is 4.05. The zero-order chi connectivity index (χ0) is 14.9. The predicted molar refractivity (Wildman–Crippen MR) is 87.5 cm³/mol. The molecule has 3 rings (SSSR count). The van der Waals surface area contributed by atoms with Gasteiger partial charge in [-0.25, -0.2) is 0 Å². The molecule has 0 amide bonds. The van der Waals surface area contributed by atoms with Crippen LogP contribution >= 0.6 is 0 Å². The highest BCUT2D eigenvalue weighted by atomic mass is 16.3. The first-order chi connectivity index (χ1) is 10.1. The molecule has 114 valence electrons. The molecule has 3 nitrogen and oxygen atoms in total. The fourth-order valence-electron chi connectivity index (χ4n) is 3.59. The average Bonchev–Trinajstić information content (AvgIpc) is 2.84. The van der Waals surface area contributed by atoms with E-state index in [1.165, 1.54) is 28.6 Å². The van der Waals surface area contributed by atoms with E-state index < -0.39 is 5.60 Å². The normalized spacial score (nSPS) is 21.2. The van der Waals surface area contributed by atoms with E-state index in [0.29, 0.717) is 12.6 Å². The minimum atomic E-state index is -0.613. The van der Waals surface area contributed by atoms with Gasteiger partial charge >= 0.3 is 0 Å². The number of rotatable bonds is 5. The first-order valence-corrected chi connectivity index (χ1v) is 8.16. The van der Waals surface area contributed by atoms with Crippen LogP contribution in [0.5, 0.6) is 0 Å². The molecule has 3 N–H and O–H groups in total. The Bertz CT molecular complexity index is 615. The van der Waals surface area contributed by atoms with Crippen LogP contribution in [0, 0.1) is 0 Å². The summed E-state index contributed by atoms with van der Waals surface area (Å²) in [5.41, 5.74) is 3.41. The van der Waals surface area contributed by atoms with Crippen molar-refractivity contribution in [2.45, 2.75) is 57.6 Å². The summed E-state index contributed by atoms with van der Waals surface area (Å²) in [6, 6.07) is 8.89. The smallest absolute Gasteiger partial charge is 0.0743 e. The minimum absolute atomic E-state index is 0.337. The third-order valence-corrected chi connectivity index (χ3v) is 4.63. The summed E-state index contributed by atoms with van der Waals surface area (Å²) in [5.74, 6) is 0. The molecule has 2 atom stereocenters. The van der Waals surface area contributed by atoms with Gasteiger partial charge in [0.2, 0.25) is 0 Å². The number of hydrogen-bond donors (Lipinski definition) is 3. The lowest BCUT2D eigenvalue weighted by molar-refractivity contribution is 0.0464. The van der Waals surface area contributed by atoms with E-state index in [9.17, 15) is 5.11 Å². The maximum Gasteiger partial charge on any atom is 0.0743 e. The first-order valence-electron chi connectivity index (χ1n) is 8.16. The fraction of sp³-hybridized carbons (Fsp3) is 0.556. The Morgan fingerprint density at radius 3 is 3.00 bits per heavy atom. The molecule has 0 saturated carbocycles. The second-order valence-electron chi connectivity index (χ2n) is 6.64. The Labute approximate surface area is 126 Å². The van der Waals surface area contributed by atoms with Crippen molar-refractivity contribution in [3.05, 3.63) is 35.5 Å². The highest BCUT2D eigenvalue weighted by Crippen LogP contribution is 2.34. The first kappa shape index (κ1) is 14.6. The van der Waals surface area contributed by atoms with Crippen molar-refractivity contribution in [2.24, 2.45) is 0 Å². The summed E-state index contributed by atoms with van der Waals surface area (Å²) in [5, 5.41) is 15.3. The molecule has 2 unspecified atom stereocenters. The van der Waals surface area contributed by atoms with E-state index >= 15 is 0 Å². The molecule has 1 aromatic carbocycles. The Morgan fingerprint density at radius 1 is 1.38 bits per heavy atom. The number of H-pyrrole nitrogens is 1. The van der Waals surface area contributed by atoms with Crippen LogP contribution in [0.3, 0.4) is 0 Å². The number of aromatic nitrogens is 1. The van der Waals surface area contributed by atoms with Crippen LogP contribution in [-0.2, 0) is 6.42 Å². The predicted octanol–water partition coefficient (Wildman–Crippen LogP) is 3.69. The number of aryl methyl sites for hydroxylation is 1.